The predicted molar refractivity (Wildman–Crippen MR) is 51.6 cm³/mol. The van der Waals surface area contributed by atoms with Crippen molar-refractivity contribution >= 4 is 33.9 Å². The molecule has 0 heterocycles. The molecule has 0 saturated heterocycles. The number of phenols is 1. The van der Waals surface area contributed by atoms with Gasteiger partial charge in [0.05, 0.1) is 0 Å². The van der Waals surface area contributed by atoms with Gasteiger partial charge in [-0.1, -0.05) is 18.2 Å². The topological polar surface area (TPSA) is 37.3 Å². The van der Waals surface area contributed by atoms with Crippen molar-refractivity contribution in [3.8, 4) is 5.75 Å². The monoisotopic (exact) mass is 214 g/mol. The second kappa shape index (κ2) is 12.4. The molecule has 1 N–H and O–H groups in total. The van der Waals surface area contributed by atoms with Crippen LogP contribution in [0.15, 0.2) is 30.3 Å². The van der Waals surface area contributed by atoms with Crippen LogP contribution < -0.4 is 0 Å². The minimum Gasteiger partial charge on any atom is -0.508 e. The Labute approximate surface area is 80.1 Å². The molecule has 0 radical (unpaired) electrons. The van der Waals surface area contributed by atoms with E-state index in [1.807, 2.05) is 6.07 Å². The number of aromatic hydroxyl groups is 1. The molecular formula is C6H9Cl2O2P. The third kappa shape index (κ3) is 9.70. The Morgan fingerprint density at radius 3 is 1.55 bits per heavy atom. The molecule has 0 aliphatic rings. The van der Waals surface area contributed by atoms with Crippen LogP contribution in [-0.2, 0) is 4.57 Å². The van der Waals surface area contributed by atoms with Gasteiger partial charge >= 0.3 is 0 Å². The molecule has 1 rings (SSSR count). The highest BCUT2D eigenvalue weighted by molar-refractivity contribution is 7.00. The summed E-state index contributed by atoms with van der Waals surface area (Å²) >= 11 is 0. The zero-order chi connectivity index (χ0) is 7.11. The van der Waals surface area contributed by atoms with Crippen LogP contribution in [0.1, 0.15) is 0 Å². The smallest absolute Gasteiger partial charge is 0.138 e. The van der Waals surface area contributed by atoms with Gasteiger partial charge in [-0.2, -0.15) is 0 Å². The summed E-state index contributed by atoms with van der Waals surface area (Å²) in [6.45, 7) is 0. The first-order valence-corrected chi connectivity index (χ1v) is 2.75. The van der Waals surface area contributed by atoms with Gasteiger partial charge in [0, 0.05) is 0 Å². The standard InChI is InChI=1S/C6H6O.2ClH.HOP/c7-6-4-2-1-3-5-6;;;1-2/h1-5,7H;2*1H;2H. The van der Waals surface area contributed by atoms with Gasteiger partial charge in [0.2, 0.25) is 0 Å². The summed E-state index contributed by atoms with van der Waals surface area (Å²) < 4.78 is 8.06. The van der Waals surface area contributed by atoms with Crippen LogP contribution in [-0.4, -0.2) is 5.11 Å². The van der Waals surface area contributed by atoms with Gasteiger partial charge in [0.15, 0.2) is 0 Å². The van der Waals surface area contributed by atoms with Crippen LogP contribution in [0, 0.1) is 0 Å². The van der Waals surface area contributed by atoms with E-state index in [0.29, 0.717) is 5.75 Å². The van der Waals surface area contributed by atoms with Gasteiger partial charge in [-0.05, 0) is 12.1 Å². The molecule has 5 heteroatoms. The lowest BCUT2D eigenvalue weighted by Crippen LogP contribution is -1.56. The molecule has 0 spiro atoms. The number of hydrogen-bond donors (Lipinski definition) is 1. The van der Waals surface area contributed by atoms with Crippen molar-refractivity contribution < 1.29 is 9.67 Å². The molecule has 0 aliphatic heterocycles. The number of phenolic OH excluding ortho intramolecular Hbond substituents is 1. The summed E-state index contributed by atoms with van der Waals surface area (Å²) in [5.74, 6) is 0.322. The number of hydrogen-bond acceptors (Lipinski definition) is 2. The molecule has 0 aliphatic carbocycles. The Bertz CT molecular complexity index is 160. The van der Waals surface area contributed by atoms with Crippen molar-refractivity contribution in [2.45, 2.75) is 0 Å². The van der Waals surface area contributed by atoms with Crippen molar-refractivity contribution in [1.82, 2.24) is 0 Å². The lowest BCUT2D eigenvalue weighted by molar-refractivity contribution is 0.475. The summed E-state index contributed by atoms with van der Waals surface area (Å²) in [5.41, 5.74) is 0. The second-order valence-corrected chi connectivity index (χ2v) is 1.34. The molecule has 1 aromatic carbocycles. The van der Waals surface area contributed by atoms with E-state index in [0.717, 1.165) is 0 Å². The molecule has 11 heavy (non-hydrogen) atoms. The average Bonchev–Trinajstić information content (AvgIpc) is 1.94. The van der Waals surface area contributed by atoms with E-state index in [1.165, 1.54) is 0 Å². The molecule has 1 aromatic rings. The molecular weight excluding hydrogens is 206 g/mol. The van der Waals surface area contributed by atoms with E-state index in [4.69, 9.17) is 9.67 Å². The molecule has 0 fully saturated rings. The first-order valence-electron chi connectivity index (χ1n) is 2.34. The van der Waals surface area contributed by atoms with Crippen LogP contribution in [0.5, 0.6) is 5.75 Å². The quantitative estimate of drug-likeness (QED) is 0.675. The first-order chi connectivity index (χ1) is 4.39. The van der Waals surface area contributed by atoms with E-state index in [-0.39, 0.29) is 24.8 Å². The van der Waals surface area contributed by atoms with Gasteiger partial charge in [0.25, 0.3) is 0 Å². The van der Waals surface area contributed by atoms with Gasteiger partial charge in [0.1, 0.15) is 14.9 Å². The van der Waals surface area contributed by atoms with E-state index in [1.54, 1.807) is 33.4 Å². The van der Waals surface area contributed by atoms with Crippen molar-refractivity contribution in [2.75, 3.05) is 0 Å². The maximum absolute atomic E-state index is 8.63. The largest absolute Gasteiger partial charge is 0.508 e. The molecule has 0 atom stereocenters. The summed E-state index contributed by atoms with van der Waals surface area (Å²) in [6, 6.07) is 8.71. The number of benzene rings is 1. The van der Waals surface area contributed by atoms with Crippen LogP contribution in [0.2, 0.25) is 0 Å². The molecule has 64 valence electrons. The van der Waals surface area contributed by atoms with Crippen molar-refractivity contribution in [3.05, 3.63) is 30.3 Å². The fourth-order valence-corrected chi connectivity index (χ4v) is 0.428. The van der Waals surface area contributed by atoms with Crippen LogP contribution in [0.4, 0.5) is 0 Å². The third-order valence-corrected chi connectivity index (χ3v) is 0.756. The Balaban J connectivity index is -0.000000149. The Hall–Kier alpha value is -0.300. The van der Waals surface area contributed by atoms with Gasteiger partial charge < -0.3 is 5.11 Å². The van der Waals surface area contributed by atoms with E-state index >= 15 is 0 Å². The van der Waals surface area contributed by atoms with Gasteiger partial charge in [-0.25, -0.2) is 0 Å². The van der Waals surface area contributed by atoms with Crippen LogP contribution >= 0.6 is 33.9 Å². The van der Waals surface area contributed by atoms with E-state index in [2.05, 4.69) is 0 Å². The zero-order valence-electron chi connectivity index (χ0n) is 5.56. The highest BCUT2D eigenvalue weighted by Crippen LogP contribution is 2.02. The van der Waals surface area contributed by atoms with Crippen molar-refractivity contribution in [1.29, 1.82) is 0 Å². The fourth-order valence-electron chi connectivity index (χ4n) is 0.428. The Kier molecular flexibility index (Phi) is 19.1. The van der Waals surface area contributed by atoms with Crippen molar-refractivity contribution in [2.24, 2.45) is 0 Å². The SMILES string of the molecule is Cl.Cl.O=P.Oc1ccccc1. The predicted octanol–water partition coefficient (Wildman–Crippen LogP) is 2.71. The molecule has 0 unspecified atom stereocenters. The molecule has 0 amide bonds. The van der Waals surface area contributed by atoms with Crippen molar-refractivity contribution in [3.63, 3.8) is 0 Å². The molecule has 0 aromatic heterocycles. The summed E-state index contributed by atoms with van der Waals surface area (Å²) in [6.07, 6.45) is 0. The van der Waals surface area contributed by atoms with Crippen LogP contribution in [0.25, 0.3) is 0 Å². The summed E-state index contributed by atoms with van der Waals surface area (Å²) in [7, 11) is 1.72. The maximum Gasteiger partial charge on any atom is 0.138 e. The number of halogens is 2. The first kappa shape index (κ1) is 17.0. The summed E-state index contributed by atoms with van der Waals surface area (Å²) in [4.78, 5) is 0. The van der Waals surface area contributed by atoms with Gasteiger partial charge in [-0.15, -0.1) is 24.8 Å². The molecule has 2 nitrogen and oxygen atoms in total. The summed E-state index contributed by atoms with van der Waals surface area (Å²) in [5, 5.41) is 8.63. The fraction of sp³-hybridized carbons (Fsp3) is 0. The normalized spacial score (nSPS) is 5.82. The number of rotatable bonds is 0. The molecule has 0 bridgehead atoms. The maximum atomic E-state index is 8.63. The second-order valence-electron chi connectivity index (χ2n) is 1.34. The van der Waals surface area contributed by atoms with Crippen LogP contribution in [0.3, 0.4) is 0 Å². The minimum absolute atomic E-state index is 0. The van der Waals surface area contributed by atoms with Gasteiger partial charge in [-0.3, -0.25) is 4.57 Å². The number of para-hydroxylation sites is 1. The zero-order valence-corrected chi connectivity index (χ0v) is 8.19. The highest BCUT2D eigenvalue weighted by atomic mass is 35.5. The Morgan fingerprint density at radius 1 is 1.00 bits per heavy atom. The third-order valence-electron chi connectivity index (χ3n) is 0.756. The lowest BCUT2D eigenvalue weighted by Gasteiger charge is -1.82. The molecule has 0 saturated carbocycles. The average molecular weight is 215 g/mol. The van der Waals surface area contributed by atoms with E-state index in [9.17, 15) is 0 Å². The highest BCUT2D eigenvalue weighted by Gasteiger charge is 1.74. The van der Waals surface area contributed by atoms with E-state index < -0.39 is 0 Å². The minimum atomic E-state index is 0. The lowest BCUT2D eigenvalue weighted by atomic mass is 10.3. The Morgan fingerprint density at radius 2 is 1.36 bits per heavy atom.